The number of hydrogen-bond donors (Lipinski definition) is 1. The third-order valence-corrected chi connectivity index (χ3v) is 9.09. The standard InChI is InChI=1S/C23H23IN2O9S2/c1-14-3-7-16(8-4-14)36(29,30)33-13-20-19(35-37(31,32)17-9-5-15(2)6-10-17)11-21(34-20)26-12-18(24)22(27)25-23(26)28/h3-10,12,19-21H,11,13H2,1-2H3,(H,25,27,28). The predicted molar refractivity (Wildman–Crippen MR) is 140 cm³/mol. The first-order chi connectivity index (χ1) is 17.4. The molecule has 0 saturated carbocycles. The maximum absolute atomic E-state index is 13.0. The molecule has 14 heteroatoms. The number of nitrogens with one attached hydrogen (secondary N) is 1. The van der Waals surface area contributed by atoms with Crippen LogP contribution in [0.5, 0.6) is 0 Å². The van der Waals surface area contributed by atoms with Crippen LogP contribution in [0.15, 0.2) is 74.1 Å². The second kappa shape index (κ2) is 10.8. The normalized spacial score (nSPS) is 20.2. The van der Waals surface area contributed by atoms with Crippen LogP contribution in [0, 0.1) is 17.4 Å². The lowest BCUT2D eigenvalue weighted by Gasteiger charge is -2.19. The first-order valence-electron chi connectivity index (χ1n) is 11.0. The van der Waals surface area contributed by atoms with Crippen molar-refractivity contribution >= 4 is 42.8 Å². The highest BCUT2D eigenvalue weighted by molar-refractivity contribution is 14.1. The van der Waals surface area contributed by atoms with Gasteiger partial charge in [0.05, 0.1) is 20.0 Å². The van der Waals surface area contributed by atoms with Gasteiger partial charge >= 0.3 is 5.69 Å². The topological polar surface area (TPSA) is 151 Å². The van der Waals surface area contributed by atoms with Gasteiger partial charge in [-0.05, 0) is 60.7 Å². The molecule has 3 unspecified atom stereocenters. The molecule has 3 atom stereocenters. The van der Waals surface area contributed by atoms with Crippen LogP contribution >= 0.6 is 22.6 Å². The number of rotatable bonds is 8. The van der Waals surface area contributed by atoms with Crippen LogP contribution in [-0.2, 0) is 33.3 Å². The zero-order chi connectivity index (χ0) is 27.0. The van der Waals surface area contributed by atoms with Gasteiger partial charge in [-0.1, -0.05) is 35.4 Å². The van der Waals surface area contributed by atoms with Gasteiger partial charge in [0, 0.05) is 12.6 Å². The molecule has 198 valence electrons. The number of aromatic amines is 1. The van der Waals surface area contributed by atoms with Crippen molar-refractivity contribution < 1.29 is 29.9 Å². The van der Waals surface area contributed by atoms with Crippen LogP contribution in [0.4, 0.5) is 0 Å². The molecule has 0 radical (unpaired) electrons. The lowest BCUT2D eigenvalue weighted by Crippen LogP contribution is -2.34. The molecule has 1 aliphatic rings. The van der Waals surface area contributed by atoms with Gasteiger partial charge in [0.15, 0.2) is 0 Å². The minimum absolute atomic E-state index is 0.0798. The third-order valence-electron chi connectivity index (χ3n) is 5.67. The van der Waals surface area contributed by atoms with Crippen molar-refractivity contribution in [3.05, 3.63) is 90.3 Å². The van der Waals surface area contributed by atoms with Crippen LogP contribution in [0.2, 0.25) is 0 Å². The van der Waals surface area contributed by atoms with E-state index in [1.807, 2.05) is 0 Å². The fourth-order valence-electron chi connectivity index (χ4n) is 3.65. The summed E-state index contributed by atoms with van der Waals surface area (Å²) < 4.78 is 69.1. The molecule has 0 aliphatic carbocycles. The monoisotopic (exact) mass is 662 g/mol. The number of nitrogens with zero attached hydrogens (tertiary/aromatic N) is 1. The summed E-state index contributed by atoms with van der Waals surface area (Å²) in [5.41, 5.74) is 0.350. The second-order valence-electron chi connectivity index (χ2n) is 8.46. The smallest absolute Gasteiger partial charge is 0.330 e. The summed E-state index contributed by atoms with van der Waals surface area (Å²) in [6.07, 6.45) is -2.29. The Hall–Kier alpha value is -2.37. The molecule has 1 aliphatic heterocycles. The molecule has 0 spiro atoms. The Bertz CT molecular complexity index is 1610. The van der Waals surface area contributed by atoms with Crippen molar-refractivity contribution in [3.63, 3.8) is 0 Å². The molecule has 11 nitrogen and oxygen atoms in total. The van der Waals surface area contributed by atoms with Gasteiger partial charge in [-0.15, -0.1) is 0 Å². The highest BCUT2D eigenvalue weighted by Gasteiger charge is 2.41. The van der Waals surface area contributed by atoms with E-state index in [1.54, 1.807) is 60.7 Å². The fraction of sp³-hybridized carbons (Fsp3) is 0.304. The first kappa shape index (κ1) is 27.7. The van der Waals surface area contributed by atoms with Gasteiger partial charge in [-0.3, -0.25) is 22.7 Å². The second-order valence-corrected chi connectivity index (χ2v) is 12.8. The van der Waals surface area contributed by atoms with E-state index in [4.69, 9.17) is 13.1 Å². The molecule has 1 N–H and O–H groups in total. The van der Waals surface area contributed by atoms with Crippen molar-refractivity contribution in [1.82, 2.24) is 9.55 Å². The maximum Gasteiger partial charge on any atom is 0.330 e. The summed E-state index contributed by atoms with van der Waals surface area (Å²) in [6.45, 7) is 3.04. The van der Waals surface area contributed by atoms with Crippen molar-refractivity contribution in [2.75, 3.05) is 6.61 Å². The zero-order valence-corrected chi connectivity index (χ0v) is 23.4. The average molecular weight is 662 g/mol. The molecule has 0 bridgehead atoms. The SMILES string of the molecule is Cc1ccc(S(=O)(=O)OCC2OC(n3cc(I)c(=O)[nH]c3=O)CC2OS(=O)(=O)c2ccc(C)cc2)cc1. The molecular weight excluding hydrogens is 639 g/mol. The van der Waals surface area contributed by atoms with E-state index < -0.39 is 56.5 Å². The summed E-state index contributed by atoms with van der Waals surface area (Å²) in [5, 5.41) is 0. The molecule has 0 amide bonds. The lowest BCUT2D eigenvalue weighted by molar-refractivity contribution is -0.0355. The predicted octanol–water partition coefficient (Wildman–Crippen LogP) is 2.23. The van der Waals surface area contributed by atoms with Crippen molar-refractivity contribution in [2.45, 2.75) is 48.5 Å². The van der Waals surface area contributed by atoms with E-state index >= 15 is 0 Å². The first-order valence-corrected chi connectivity index (χ1v) is 14.9. The van der Waals surface area contributed by atoms with E-state index in [0.717, 1.165) is 15.7 Å². The van der Waals surface area contributed by atoms with Gasteiger partial charge in [-0.25, -0.2) is 4.79 Å². The van der Waals surface area contributed by atoms with Crippen LogP contribution in [0.3, 0.4) is 0 Å². The quantitative estimate of drug-likeness (QED) is 0.283. The summed E-state index contributed by atoms with van der Waals surface area (Å²) in [6, 6.07) is 12.0. The Morgan fingerprint density at radius 1 is 0.946 bits per heavy atom. The fourth-order valence-corrected chi connectivity index (χ4v) is 6.11. The van der Waals surface area contributed by atoms with E-state index in [1.165, 1.54) is 30.5 Å². The van der Waals surface area contributed by atoms with Gasteiger partial charge in [-0.2, -0.15) is 16.8 Å². The molecule has 1 saturated heterocycles. The van der Waals surface area contributed by atoms with Crippen molar-refractivity contribution in [2.24, 2.45) is 0 Å². The molecule has 37 heavy (non-hydrogen) atoms. The summed E-state index contributed by atoms with van der Waals surface area (Å²) >= 11 is 1.74. The van der Waals surface area contributed by atoms with E-state index in [-0.39, 0.29) is 19.8 Å². The molecule has 2 heterocycles. The molecule has 4 rings (SSSR count). The Morgan fingerprint density at radius 2 is 1.49 bits per heavy atom. The van der Waals surface area contributed by atoms with Gasteiger partial charge < -0.3 is 4.74 Å². The highest BCUT2D eigenvalue weighted by Crippen LogP contribution is 2.33. The Morgan fingerprint density at radius 3 is 2.05 bits per heavy atom. The largest absolute Gasteiger partial charge is 0.349 e. The van der Waals surface area contributed by atoms with E-state index in [9.17, 15) is 26.4 Å². The van der Waals surface area contributed by atoms with Crippen LogP contribution in [-0.4, -0.2) is 45.2 Å². The number of aryl methyl sites for hydroxylation is 2. The van der Waals surface area contributed by atoms with Gasteiger partial charge in [0.1, 0.15) is 18.4 Å². The molecule has 2 aromatic carbocycles. The Balaban J connectivity index is 1.61. The number of halogens is 1. The number of H-pyrrole nitrogens is 1. The van der Waals surface area contributed by atoms with E-state index in [2.05, 4.69) is 4.98 Å². The highest BCUT2D eigenvalue weighted by atomic mass is 127. The van der Waals surface area contributed by atoms with Gasteiger partial charge in [0.2, 0.25) is 0 Å². The van der Waals surface area contributed by atoms with E-state index in [0.29, 0.717) is 0 Å². The van der Waals surface area contributed by atoms with Crippen molar-refractivity contribution in [1.29, 1.82) is 0 Å². The summed E-state index contributed by atoms with van der Waals surface area (Å²) in [7, 11) is -8.46. The zero-order valence-electron chi connectivity index (χ0n) is 19.7. The van der Waals surface area contributed by atoms with Crippen LogP contribution in [0.1, 0.15) is 23.8 Å². The minimum Gasteiger partial charge on any atom is -0.349 e. The van der Waals surface area contributed by atoms with Gasteiger partial charge in [0.25, 0.3) is 25.8 Å². The number of ether oxygens (including phenoxy) is 1. The molecule has 1 aromatic heterocycles. The molecule has 1 fully saturated rings. The molecular formula is C23H23IN2O9S2. The third kappa shape index (κ3) is 6.38. The Labute approximate surface area is 226 Å². The molecule has 3 aromatic rings. The minimum atomic E-state index is -4.27. The lowest BCUT2D eigenvalue weighted by atomic mass is 10.2. The summed E-state index contributed by atoms with van der Waals surface area (Å²) in [4.78, 5) is 26.1. The number of aromatic nitrogens is 2. The maximum atomic E-state index is 13.0. The average Bonchev–Trinajstić information content (AvgIpc) is 3.22. The number of hydrogen-bond acceptors (Lipinski definition) is 9. The van der Waals surface area contributed by atoms with Crippen LogP contribution < -0.4 is 11.2 Å². The van der Waals surface area contributed by atoms with Crippen molar-refractivity contribution in [3.8, 4) is 0 Å². The number of benzene rings is 2. The Kier molecular flexibility index (Phi) is 8.06. The summed E-state index contributed by atoms with van der Waals surface area (Å²) in [5.74, 6) is 0. The van der Waals surface area contributed by atoms with Crippen LogP contribution in [0.25, 0.3) is 0 Å².